The highest BCUT2D eigenvalue weighted by Gasteiger charge is 2.22. The molecule has 0 atom stereocenters. The summed E-state index contributed by atoms with van der Waals surface area (Å²) in [5, 5.41) is 5.68. The average Bonchev–Trinajstić information content (AvgIpc) is 2.68. The van der Waals surface area contributed by atoms with Crippen molar-refractivity contribution in [3.05, 3.63) is 42.1 Å². The molecule has 1 saturated heterocycles. The quantitative estimate of drug-likeness (QED) is 0.665. The van der Waals surface area contributed by atoms with Crippen molar-refractivity contribution >= 4 is 29.3 Å². The summed E-state index contributed by atoms with van der Waals surface area (Å²) in [5.74, 6) is 0.316. The normalized spacial score (nSPS) is 14.7. The maximum atomic E-state index is 12.4. The highest BCUT2D eigenvalue weighted by atomic mass is 16.2. The van der Waals surface area contributed by atoms with Gasteiger partial charge in [0, 0.05) is 44.1 Å². The zero-order valence-corrected chi connectivity index (χ0v) is 16.8. The highest BCUT2D eigenvalue weighted by molar-refractivity contribution is 6.07. The second-order valence-corrected chi connectivity index (χ2v) is 7.27. The molecule has 4 N–H and O–H groups in total. The van der Waals surface area contributed by atoms with Crippen LogP contribution in [0, 0.1) is 0 Å². The van der Waals surface area contributed by atoms with Crippen LogP contribution in [0.25, 0.3) is 0 Å². The van der Waals surface area contributed by atoms with Crippen molar-refractivity contribution in [2.24, 2.45) is 0 Å². The second-order valence-electron chi connectivity index (χ2n) is 7.27. The number of nitrogens with zero attached hydrogens (tertiary/aromatic N) is 4. The van der Waals surface area contributed by atoms with E-state index >= 15 is 0 Å². The highest BCUT2D eigenvalue weighted by Crippen LogP contribution is 2.17. The molecular weight excluding hydrogens is 370 g/mol. The van der Waals surface area contributed by atoms with Crippen LogP contribution in [-0.4, -0.2) is 65.4 Å². The van der Waals surface area contributed by atoms with E-state index < -0.39 is 0 Å². The molecular formula is C20H27N7O2. The van der Waals surface area contributed by atoms with Gasteiger partial charge in [-0.1, -0.05) is 18.2 Å². The van der Waals surface area contributed by atoms with Gasteiger partial charge in [0.2, 0.25) is 11.9 Å². The Balaban J connectivity index is 1.57. The Morgan fingerprint density at radius 2 is 1.83 bits per heavy atom. The van der Waals surface area contributed by atoms with E-state index in [1.165, 1.54) is 6.20 Å². The number of carbonyl (C=O) groups excluding carboxylic acids is 2. The molecule has 154 valence electrons. The zero-order chi connectivity index (χ0) is 20.8. The minimum Gasteiger partial charge on any atom is -0.383 e. The van der Waals surface area contributed by atoms with Crippen molar-refractivity contribution in [1.29, 1.82) is 0 Å². The number of piperazine rings is 1. The van der Waals surface area contributed by atoms with E-state index in [0.29, 0.717) is 31.3 Å². The molecule has 0 bridgehead atoms. The number of amides is 2. The summed E-state index contributed by atoms with van der Waals surface area (Å²) >= 11 is 0. The first-order valence-electron chi connectivity index (χ1n) is 9.68. The largest absolute Gasteiger partial charge is 0.383 e. The fourth-order valence-electron chi connectivity index (χ4n) is 3.11. The van der Waals surface area contributed by atoms with Crippen LogP contribution in [0.4, 0.5) is 17.5 Å². The van der Waals surface area contributed by atoms with Gasteiger partial charge in [0.05, 0.1) is 6.54 Å². The van der Waals surface area contributed by atoms with Gasteiger partial charge in [-0.25, -0.2) is 4.98 Å². The van der Waals surface area contributed by atoms with Gasteiger partial charge in [-0.2, -0.15) is 4.98 Å². The third kappa shape index (κ3) is 5.64. The monoisotopic (exact) mass is 397 g/mol. The van der Waals surface area contributed by atoms with E-state index in [0.717, 1.165) is 13.1 Å². The average molecular weight is 397 g/mol. The first kappa shape index (κ1) is 20.5. The SMILES string of the molecule is CC(C)NC(=O)CN1CCN(c2ncc(C(=O)Nc3ccccc3)c(N)n2)CC1. The van der Waals surface area contributed by atoms with Crippen LogP contribution in [0.3, 0.4) is 0 Å². The molecule has 3 rings (SSSR count). The zero-order valence-electron chi connectivity index (χ0n) is 16.8. The molecule has 1 fully saturated rings. The number of hydrogen-bond donors (Lipinski definition) is 3. The molecule has 0 saturated carbocycles. The van der Waals surface area contributed by atoms with E-state index in [2.05, 4.69) is 25.5 Å². The number of carbonyl (C=O) groups is 2. The van der Waals surface area contributed by atoms with Crippen LogP contribution >= 0.6 is 0 Å². The summed E-state index contributed by atoms with van der Waals surface area (Å²) in [6, 6.07) is 9.28. The van der Waals surface area contributed by atoms with Gasteiger partial charge in [-0.15, -0.1) is 0 Å². The standard InChI is InChI=1S/C20H27N7O2/c1-14(2)23-17(28)13-26-8-10-27(11-9-26)20-22-12-16(18(21)25-20)19(29)24-15-6-4-3-5-7-15/h3-7,12,14H,8-11,13H2,1-2H3,(H,23,28)(H,24,29)(H2,21,22,25). The molecule has 0 radical (unpaired) electrons. The Morgan fingerprint density at radius 1 is 1.14 bits per heavy atom. The number of nitrogens with one attached hydrogen (secondary N) is 2. The molecule has 1 aromatic carbocycles. The molecule has 2 amide bonds. The van der Waals surface area contributed by atoms with E-state index in [9.17, 15) is 9.59 Å². The number of hydrogen-bond acceptors (Lipinski definition) is 7. The predicted molar refractivity (Wildman–Crippen MR) is 113 cm³/mol. The fourth-order valence-corrected chi connectivity index (χ4v) is 3.11. The number of rotatable bonds is 6. The van der Waals surface area contributed by atoms with Crippen LogP contribution in [0.15, 0.2) is 36.5 Å². The number of para-hydroxylation sites is 1. The maximum absolute atomic E-state index is 12.4. The van der Waals surface area contributed by atoms with Gasteiger partial charge < -0.3 is 21.3 Å². The Hall–Kier alpha value is -3.20. The van der Waals surface area contributed by atoms with Gasteiger partial charge in [0.25, 0.3) is 5.91 Å². The second kappa shape index (κ2) is 9.33. The Bertz CT molecular complexity index is 849. The van der Waals surface area contributed by atoms with Gasteiger partial charge >= 0.3 is 0 Å². The lowest BCUT2D eigenvalue weighted by Gasteiger charge is -2.34. The van der Waals surface area contributed by atoms with E-state index in [1.54, 1.807) is 12.1 Å². The van der Waals surface area contributed by atoms with Crippen LogP contribution < -0.4 is 21.3 Å². The van der Waals surface area contributed by atoms with Crippen molar-refractivity contribution in [3.8, 4) is 0 Å². The molecule has 2 aromatic rings. The molecule has 2 heterocycles. The summed E-state index contributed by atoms with van der Waals surface area (Å²) in [4.78, 5) is 37.1. The lowest BCUT2D eigenvalue weighted by atomic mass is 10.2. The first-order valence-corrected chi connectivity index (χ1v) is 9.68. The van der Waals surface area contributed by atoms with Crippen molar-refractivity contribution in [2.45, 2.75) is 19.9 Å². The molecule has 29 heavy (non-hydrogen) atoms. The minimum absolute atomic E-state index is 0.0303. The fraction of sp³-hybridized carbons (Fsp3) is 0.400. The molecule has 1 aliphatic heterocycles. The van der Waals surface area contributed by atoms with Crippen molar-refractivity contribution < 1.29 is 9.59 Å². The third-order valence-corrected chi connectivity index (χ3v) is 4.55. The maximum Gasteiger partial charge on any atom is 0.260 e. The van der Waals surface area contributed by atoms with Gasteiger partial charge in [-0.3, -0.25) is 14.5 Å². The Kier molecular flexibility index (Phi) is 6.61. The van der Waals surface area contributed by atoms with Crippen LogP contribution in [0.5, 0.6) is 0 Å². The Morgan fingerprint density at radius 3 is 2.45 bits per heavy atom. The number of benzene rings is 1. The molecule has 0 unspecified atom stereocenters. The summed E-state index contributed by atoms with van der Waals surface area (Å²) in [5.41, 5.74) is 6.94. The van der Waals surface area contributed by atoms with Gasteiger partial charge in [0.1, 0.15) is 11.4 Å². The van der Waals surface area contributed by atoms with Crippen LogP contribution in [-0.2, 0) is 4.79 Å². The number of nitrogen functional groups attached to an aromatic ring is 1. The van der Waals surface area contributed by atoms with Crippen LogP contribution in [0.1, 0.15) is 24.2 Å². The van der Waals surface area contributed by atoms with Crippen LogP contribution in [0.2, 0.25) is 0 Å². The minimum atomic E-state index is -0.346. The van der Waals surface area contributed by atoms with Crippen molar-refractivity contribution in [3.63, 3.8) is 0 Å². The molecule has 1 aromatic heterocycles. The number of nitrogens with two attached hydrogens (primary N) is 1. The third-order valence-electron chi connectivity index (χ3n) is 4.55. The smallest absolute Gasteiger partial charge is 0.260 e. The van der Waals surface area contributed by atoms with E-state index in [-0.39, 0.29) is 29.2 Å². The molecule has 9 heteroatoms. The topological polar surface area (TPSA) is 116 Å². The van der Waals surface area contributed by atoms with Gasteiger partial charge in [0.15, 0.2) is 0 Å². The molecule has 1 aliphatic rings. The molecule has 0 spiro atoms. The number of aromatic nitrogens is 2. The predicted octanol–water partition coefficient (Wildman–Crippen LogP) is 0.958. The summed E-state index contributed by atoms with van der Waals surface area (Å²) < 4.78 is 0. The number of anilines is 3. The lowest BCUT2D eigenvalue weighted by Crippen LogP contribution is -2.50. The van der Waals surface area contributed by atoms with Crippen molar-refractivity contribution in [2.75, 3.05) is 48.7 Å². The summed E-state index contributed by atoms with van der Waals surface area (Å²) in [6.45, 7) is 7.10. The Labute approximate surface area is 170 Å². The van der Waals surface area contributed by atoms with Gasteiger partial charge in [-0.05, 0) is 26.0 Å². The first-order chi connectivity index (χ1) is 13.9. The molecule has 0 aliphatic carbocycles. The van der Waals surface area contributed by atoms with E-state index in [4.69, 9.17) is 5.73 Å². The van der Waals surface area contributed by atoms with E-state index in [1.807, 2.05) is 36.9 Å². The summed E-state index contributed by atoms with van der Waals surface area (Å²) in [6.07, 6.45) is 1.46. The lowest BCUT2D eigenvalue weighted by molar-refractivity contribution is -0.122. The molecule has 9 nitrogen and oxygen atoms in total. The summed E-state index contributed by atoms with van der Waals surface area (Å²) in [7, 11) is 0. The van der Waals surface area contributed by atoms with Crippen molar-refractivity contribution in [1.82, 2.24) is 20.2 Å².